The molecule has 3 nitrogen and oxygen atoms in total. The molecule has 1 aliphatic rings. The second kappa shape index (κ2) is 5.69. The standard InChI is InChI=1S/C17H29BO3Si/c1-16(2)17(3,4)21-18(20-16)15(22(6,7)8)13-9-11-14(19-5)12-10-13/h9-12,15H,1-8H3. The second-order valence-corrected chi connectivity index (χ2v) is 13.6. The van der Waals surface area contributed by atoms with Gasteiger partial charge in [-0.25, -0.2) is 0 Å². The number of hydrogen-bond donors (Lipinski definition) is 0. The maximum Gasteiger partial charge on any atom is 0.462 e. The van der Waals surface area contributed by atoms with Crippen molar-refractivity contribution in [2.24, 2.45) is 0 Å². The fourth-order valence-electron chi connectivity index (χ4n) is 2.90. The van der Waals surface area contributed by atoms with Crippen molar-refractivity contribution in [2.45, 2.75) is 64.0 Å². The van der Waals surface area contributed by atoms with Gasteiger partial charge in [-0.1, -0.05) is 31.8 Å². The molecule has 0 N–H and O–H groups in total. The maximum absolute atomic E-state index is 6.34. The number of rotatable bonds is 4. The lowest BCUT2D eigenvalue weighted by Gasteiger charge is -2.32. The molecule has 0 aliphatic carbocycles. The molecule has 1 heterocycles. The van der Waals surface area contributed by atoms with Gasteiger partial charge in [0.05, 0.1) is 26.4 Å². The van der Waals surface area contributed by atoms with Gasteiger partial charge in [0.1, 0.15) is 5.75 Å². The van der Waals surface area contributed by atoms with Gasteiger partial charge in [0.15, 0.2) is 0 Å². The van der Waals surface area contributed by atoms with E-state index in [0.717, 1.165) is 5.75 Å². The molecule has 22 heavy (non-hydrogen) atoms. The van der Waals surface area contributed by atoms with E-state index in [2.05, 4.69) is 59.5 Å². The highest BCUT2D eigenvalue weighted by atomic mass is 28.3. The SMILES string of the molecule is COc1ccc(C(B2OC(C)(C)C(C)(C)O2)[Si](C)(C)C)cc1. The Morgan fingerprint density at radius 2 is 1.41 bits per heavy atom. The monoisotopic (exact) mass is 320 g/mol. The van der Waals surface area contributed by atoms with E-state index in [1.807, 2.05) is 12.1 Å². The van der Waals surface area contributed by atoms with Crippen LogP contribution in [0.2, 0.25) is 19.6 Å². The van der Waals surface area contributed by atoms with Gasteiger partial charge in [0, 0.05) is 5.44 Å². The van der Waals surface area contributed by atoms with Gasteiger partial charge in [-0.05, 0) is 45.4 Å². The predicted octanol–water partition coefficient (Wildman–Crippen LogP) is 4.29. The molecule has 0 saturated carbocycles. The molecular formula is C17H29BO3Si. The number of methoxy groups -OCH3 is 1. The largest absolute Gasteiger partial charge is 0.497 e. The predicted molar refractivity (Wildman–Crippen MR) is 95.2 cm³/mol. The third kappa shape index (κ3) is 3.26. The van der Waals surface area contributed by atoms with E-state index in [1.165, 1.54) is 5.56 Å². The Balaban J connectivity index is 2.36. The average molecular weight is 320 g/mol. The lowest BCUT2D eigenvalue weighted by atomic mass is 9.79. The molecule has 0 bridgehead atoms. The van der Waals surface area contributed by atoms with Crippen LogP contribution in [-0.4, -0.2) is 33.5 Å². The molecule has 1 aromatic carbocycles. The average Bonchev–Trinajstić information content (AvgIpc) is 2.57. The van der Waals surface area contributed by atoms with E-state index in [9.17, 15) is 0 Å². The highest BCUT2D eigenvalue weighted by Gasteiger charge is 2.56. The molecule has 1 saturated heterocycles. The highest BCUT2D eigenvalue weighted by molar-refractivity contribution is 6.86. The smallest absolute Gasteiger partial charge is 0.462 e. The molecule has 2 rings (SSSR count). The van der Waals surface area contributed by atoms with Crippen LogP contribution in [0.15, 0.2) is 24.3 Å². The Hall–Kier alpha value is -0.778. The van der Waals surface area contributed by atoms with Crippen molar-refractivity contribution in [3.8, 4) is 5.75 Å². The van der Waals surface area contributed by atoms with Gasteiger partial charge in [-0.2, -0.15) is 0 Å². The Bertz CT molecular complexity index is 504. The van der Waals surface area contributed by atoms with Crippen molar-refractivity contribution < 1.29 is 14.0 Å². The normalized spacial score (nSPS) is 21.7. The lowest BCUT2D eigenvalue weighted by Crippen LogP contribution is -2.43. The van der Waals surface area contributed by atoms with Gasteiger partial charge in [-0.15, -0.1) is 0 Å². The van der Waals surface area contributed by atoms with Gasteiger partial charge >= 0.3 is 7.12 Å². The molecule has 1 atom stereocenters. The quantitative estimate of drug-likeness (QED) is 0.775. The molecular weight excluding hydrogens is 291 g/mol. The summed E-state index contributed by atoms with van der Waals surface area (Å²) in [4.78, 5) is 0. The van der Waals surface area contributed by atoms with Crippen LogP contribution in [0.5, 0.6) is 5.75 Å². The second-order valence-electron chi connectivity index (χ2n) is 8.24. The van der Waals surface area contributed by atoms with E-state index >= 15 is 0 Å². The van der Waals surface area contributed by atoms with Gasteiger partial charge in [0.25, 0.3) is 0 Å². The van der Waals surface area contributed by atoms with E-state index in [-0.39, 0.29) is 18.3 Å². The van der Waals surface area contributed by atoms with Crippen LogP contribution in [0, 0.1) is 0 Å². The zero-order valence-corrected chi connectivity index (χ0v) is 16.2. The van der Waals surface area contributed by atoms with Crippen molar-refractivity contribution in [1.82, 2.24) is 0 Å². The zero-order valence-electron chi connectivity index (χ0n) is 15.2. The third-order valence-corrected chi connectivity index (χ3v) is 7.42. The Labute approximate surface area is 136 Å². The summed E-state index contributed by atoms with van der Waals surface area (Å²) in [6.07, 6.45) is 0. The summed E-state index contributed by atoms with van der Waals surface area (Å²) in [5.74, 6) is 0.881. The Morgan fingerprint density at radius 1 is 0.955 bits per heavy atom. The first-order valence-corrected chi connectivity index (χ1v) is 11.6. The summed E-state index contributed by atoms with van der Waals surface area (Å²) < 4.78 is 18.0. The lowest BCUT2D eigenvalue weighted by molar-refractivity contribution is 0.00578. The Kier molecular flexibility index (Phi) is 4.55. The summed E-state index contributed by atoms with van der Waals surface area (Å²) in [5.41, 5.74) is 0.988. The van der Waals surface area contributed by atoms with Crippen molar-refractivity contribution in [1.29, 1.82) is 0 Å². The number of hydrogen-bond acceptors (Lipinski definition) is 3. The fraction of sp³-hybridized carbons (Fsp3) is 0.647. The molecule has 1 unspecified atom stereocenters. The minimum absolute atomic E-state index is 0.190. The Morgan fingerprint density at radius 3 is 1.77 bits per heavy atom. The summed E-state index contributed by atoms with van der Waals surface area (Å²) in [5, 5.41) is 0. The molecule has 0 amide bonds. The van der Waals surface area contributed by atoms with Crippen molar-refractivity contribution in [3.63, 3.8) is 0 Å². The molecule has 1 aromatic rings. The zero-order chi connectivity index (χ0) is 16.8. The van der Waals surface area contributed by atoms with Gasteiger partial charge < -0.3 is 14.0 Å². The molecule has 1 aliphatic heterocycles. The fourth-order valence-corrected chi connectivity index (χ4v) is 5.05. The molecule has 0 aromatic heterocycles. The van der Waals surface area contributed by atoms with Crippen molar-refractivity contribution in [3.05, 3.63) is 29.8 Å². The maximum atomic E-state index is 6.34. The van der Waals surface area contributed by atoms with Crippen LogP contribution in [0.25, 0.3) is 0 Å². The third-order valence-electron chi connectivity index (χ3n) is 4.95. The summed E-state index contributed by atoms with van der Waals surface area (Å²) in [6.45, 7) is 15.6. The molecule has 5 heteroatoms. The van der Waals surface area contributed by atoms with Crippen LogP contribution >= 0.6 is 0 Å². The summed E-state index contributed by atoms with van der Waals surface area (Å²) >= 11 is 0. The first kappa shape index (κ1) is 17.6. The minimum Gasteiger partial charge on any atom is -0.497 e. The summed E-state index contributed by atoms with van der Waals surface area (Å²) in [6, 6.07) is 8.33. The van der Waals surface area contributed by atoms with E-state index in [1.54, 1.807) is 7.11 Å². The first-order valence-electron chi connectivity index (χ1n) is 7.97. The topological polar surface area (TPSA) is 27.7 Å². The van der Waals surface area contributed by atoms with E-state index < -0.39 is 8.07 Å². The number of ether oxygens (including phenoxy) is 1. The van der Waals surface area contributed by atoms with Gasteiger partial charge in [-0.3, -0.25) is 0 Å². The molecule has 1 fully saturated rings. The minimum atomic E-state index is -1.54. The molecule has 0 radical (unpaired) electrons. The van der Waals surface area contributed by atoms with E-state index in [4.69, 9.17) is 14.0 Å². The number of benzene rings is 1. The van der Waals surface area contributed by atoms with Gasteiger partial charge in [0.2, 0.25) is 0 Å². The van der Waals surface area contributed by atoms with Crippen molar-refractivity contribution in [2.75, 3.05) is 7.11 Å². The molecule has 122 valence electrons. The van der Waals surface area contributed by atoms with Crippen LogP contribution < -0.4 is 4.74 Å². The van der Waals surface area contributed by atoms with E-state index in [0.29, 0.717) is 5.44 Å². The van der Waals surface area contributed by atoms with Crippen LogP contribution in [-0.2, 0) is 9.31 Å². The van der Waals surface area contributed by atoms with Crippen LogP contribution in [0.4, 0.5) is 0 Å². The van der Waals surface area contributed by atoms with Crippen molar-refractivity contribution >= 4 is 15.2 Å². The van der Waals surface area contributed by atoms with Crippen LogP contribution in [0.1, 0.15) is 38.7 Å². The highest BCUT2D eigenvalue weighted by Crippen LogP contribution is 2.43. The first-order chi connectivity index (χ1) is 9.98. The summed E-state index contributed by atoms with van der Waals surface area (Å²) in [7, 11) is -0.0320. The molecule has 0 spiro atoms. The van der Waals surface area contributed by atoms with Crippen LogP contribution in [0.3, 0.4) is 0 Å².